The van der Waals surface area contributed by atoms with Crippen molar-refractivity contribution in [2.24, 2.45) is 0 Å². The molecule has 1 aliphatic carbocycles. The van der Waals surface area contributed by atoms with Gasteiger partial charge in [0.2, 0.25) is 0 Å². The molecule has 0 amide bonds. The van der Waals surface area contributed by atoms with E-state index in [1.165, 1.54) is 6.42 Å². The Morgan fingerprint density at radius 2 is 1.69 bits per heavy atom. The summed E-state index contributed by atoms with van der Waals surface area (Å²) in [7, 11) is 0. The number of benzene rings is 1. The fraction of sp³-hybridized carbons (Fsp3) is 0.571. The first kappa shape index (κ1) is 11.6. The minimum absolute atomic E-state index is 0.0283. The minimum atomic E-state index is -0.700. The largest absolute Gasteiger partial charge is 0.396 e. The molecule has 0 saturated heterocycles. The third-order valence-electron chi connectivity index (χ3n) is 3.75. The summed E-state index contributed by atoms with van der Waals surface area (Å²) in [5.74, 6) is -0.131. The van der Waals surface area contributed by atoms with E-state index in [0.717, 1.165) is 31.2 Å². The summed E-state index contributed by atoms with van der Waals surface area (Å²) in [5, 5.41) is 20.2. The summed E-state index contributed by atoms with van der Waals surface area (Å²) in [6.07, 6.45) is 4.97. The van der Waals surface area contributed by atoms with Crippen LogP contribution in [-0.2, 0) is 0 Å². The predicted molar refractivity (Wildman–Crippen MR) is 64.3 cm³/mol. The van der Waals surface area contributed by atoms with Gasteiger partial charge in [-0.3, -0.25) is 0 Å². The van der Waals surface area contributed by atoms with Gasteiger partial charge in [-0.2, -0.15) is 0 Å². The summed E-state index contributed by atoms with van der Waals surface area (Å²) in [5.41, 5.74) is 0.350. The molecule has 1 saturated carbocycles. The molecule has 0 bridgehead atoms. The Balaban J connectivity index is 2.21. The van der Waals surface area contributed by atoms with E-state index >= 15 is 0 Å². The van der Waals surface area contributed by atoms with Gasteiger partial charge in [-0.15, -0.1) is 0 Å². The van der Waals surface area contributed by atoms with Gasteiger partial charge >= 0.3 is 0 Å². The average Bonchev–Trinajstić information content (AvgIpc) is 2.32. The van der Waals surface area contributed by atoms with Crippen LogP contribution in [0.4, 0.5) is 0 Å². The van der Waals surface area contributed by atoms with Gasteiger partial charge in [0.05, 0.1) is 12.2 Å². The molecule has 1 aromatic rings. The zero-order valence-corrected chi connectivity index (χ0v) is 9.60. The first-order valence-electron chi connectivity index (χ1n) is 6.14. The van der Waals surface area contributed by atoms with Crippen LogP contribution in [0.3, 0.4) is 0 Å². The summed E-state index contributed by atoms with van der Waals surface area (Å²) >= 11 is 0. The fourth-order valence-electron chi connectivity index (χ4n) is 2.78. The Kier molecular flexibility index (Phi) is 3.62. The maximum Gasteiger partial charge on any atom is 0.0738 e. The van der Waals surface area contributed by atoms with Crippen molar-refractivity contribution in [2.75, 3.05) is 6.61 Å². The van der Waals surface area contributed by atoms with Crippen molar-refractivity contribution in [3.05, 3.63) is 35.9 Å². The van der Waals surface area contributed by atoms with Crippen LogP contribution in [0.15, 0.2) is 30.3 Å². The normalized spacial score (nSPS) is 21.6. The molecule has 1 aromatic carbocycles. The highest BCUT2D eigenvalue weighted by molar-refractivity contribution is 5.23. The maximum atomic E-state index is 10.6. The van der Waals surface area contributed by atoms with Gasteiger partial charge < -0.3 is 10.2 Å². The number of aliphatic hydroxyl groups excluding tert-OH is 1. The molecule has 2 N–H and O–H groups in total. The van der Waals surface area contributed by atoms with E-state index in [9.17, 15) is 10.2 Å². The van der Waals surface area contributed by atoms with Gasteiger partial charge in [0.15, 0.2) is 0 Å². The highest BCUT2D eigenvalue weighted by Crippen LogP contribution is 2.39. The molecule has 2 heteroatoms. The van der Waals surface area contributed by atoms with Crippen molar-refractivity contribution < 1.29 is 10.2 Å². The Morgan fingerprint density at radius 3 is 2.25 bits per heavy atom. The van der Waals surface area contributed by atoms with E-state index in [0.29, 0.717) is 0 Å². The SMILES string of the molecule is OCC(c1ccccc1)C1(O)CCCCC1. The lowest BCUT2D eigenvalue weighted by Crippen LogP contribution is -2.40. The second-order valence-corrected chi connectivity index (χ2v) is 4.81. The molecule has 88 valence electrons. The van der Waals surface area contributed by atoms with Crippen LogP contribution in [-0.4, -0.2) is 22.4 Å². The summed E-state index contributed by atoms with van der Waals surface area (Å²) < 4.78 is 0. The fourth-order valence-corrected chi connectivity index (χ4v) is 2.78. The summed E-state index contributed by atoms with van der Waals surface area (Å²) in [6.45, 7) is 0.0283. The summed E-state index contributed by atoms with van der Waals surface area (Å²) in [4.78, 5) is 0. The Morgan fingerprint density at radius 1 is 1.06 bits per heavy atom. The lowest BCUT2D eigenvalue weighted by molar-refractivity contribution is -0.0363. The number of hydrogen-bond donors (Lipinski definition) is 2. The molecule has 1 unspecified atom stereocenters. The first-order valence-corrected chi connectivity index (χ1v) is 6.14. The van der Waals surface area contributed by atoms with E-state index in [2.05, 4.69) is 0 Å². The van der Waals surface area contributed by atoms with Crippen LogP contribution in [0.25, 0.3) is 0 Å². The van der Waals surface area contributed by atoms with Gasteiger partial charge in [0.1, 0.15) is 0 Å². The highest BCUT2D eigenvalue weighted by Gasteiger charge is 2.38. The second-order valence-electron chi connectivity index (χ2n) is 4.81. The number of aliphatic hydroxyl groups is 2. The molecule has 0 spiro atoms. The molecule has 2 rings (SSSR count). The Hall–Kier alpha value is -0.860. The van der Waals surface area contributed by atoms with Gasteiger partial charge in [0, 0.05) is 5.92 Å². The highest BCUT2D eigenvalue weighted by atomic mass is 16.3. The van der Waals surface area contributed by atoms with Crippen LogP contribution in [0.2, 0.25) is 0 Å². The van der Waals surface area contributed by atoms with E-state index in [4.69, 9.17) is 0 Å². The number of rotatable bonds is 3. The van der Waals surface area contributed by atoms with Crippen LogP contribution in [0.5, 0.6) is 0 Å². The molecule has 1 fully saturated rings. The second kappa shape index (κ2) is 4.98. The topological polar surface area (TPSA) is 40.5 Å². The van der Waals surface area contributed by atoms with E-state index < -0.39 is 5.60 Å². The van der Waals surface area contributed by atoms with Crippen molar-refractivity contribution in [3.63, 3.8) is 0 Å². The summed E-state index contributed by atoms with van der Waals surface area (Å²) in [6, 6.07) is 9.87. The van der Waals surface area contributed by atoms with Crippen LogP contribution < -0.4 is 0 Å². The van der Waals surface area contributed by atoms with Gasteiger partial charge in [-0.25, -0.2) is 0 Å². The molecule has 0 heterocycles. The van der Waals surface area contributed by atoms with Gasteiger partial charge in [0.25, 0.3) is 0 Å². The van der Waals surface area contributed by atoms with E-state index in [1.807, 2.05) is 30.3 Å². The minimum Gasteiger partial charge on any atom is -0.396 e. The molecule has 0 aromatic heterocycles. The third kappa shape index (κ3) is 2.28. The van der Waals surface area contributed by atoms with Gasteiger partial charge in [-0.05, 0) is 18.4 Å². The average molecular weight is 220 g/mol. The lowest BCUT2D eigenvalue weighted by atomic mass is 9.73. The smallest absolute Gasteiger partial charge is 0.0738 e. The molecule has 16 heavy (non-hydrogen) atoms. The maximum absolute atomic E-state index is 10.6. The molecule has 2 nitrogen and oxygen atoms in total. The Labute approximate surface area is 96.9 Å². The van der Waals surface area contributed by atoms with Crippen molar-refractivity contribution in [2.45, 2.75) is 43.6 Å². The van der Waals surface area contributed by atoms with Crippen LogP contribution in [0, 0.1) is 0 Å². The van der Waals surface area contributed by atoms with E-state index in [-0.39, 0.29) is 12.5 Å². The van der Waals surface area contributed by atoms with Crippen molar-refractivity contribution in [3.8, 4) is 0 Å². The number of hydrogen-bond acceptors (Lipinski definition) is 2. The first-order chi connectivity index (χ1) is 7.76. The molecule has 0 radical (unpaired) electrons. The van der Waals surface area contributed by atoms with Crippen molar-refractivity contribution in [1.29, 1.82) is 0 Å². The molecule has 1 atom stereocenters. The predicted octanol–water partition coefficient (Wildman–Crippen LogP) is 2.46. The quantitative estimate of drug-likeness (QED) is 0.821. The van der Waals surface area contributed by atoms with Crippen molar-refractivity contribution >= 4 is 0 Å². The Bertz CT molecular complexity index is 315. The lowest BCUT2D eigenvalue weighted by Gasteiger charge is -2.38. The molecule has 1 aliphatic rings. The van der Waals surface area contributed by atoms with Crippen molar-refractivity contribution in [1.82, 2.24) is 0 Å². The van der Waals surface area contributed by atoms with Crippen LogP contribution >= 0.6 is 0 Å². The molecule has 0 aliphatic heterocycles. The zero-order valence-electron chi connectivity index (χ0n) is 9.60. The van der Waals surface area contributed by atoms with Crippen LogP contribution in [0.1, 0.15) is 43.6 Å². The molecular weight excluding hydrogens is 200 g/mol. The standard InChI is InChI=1S/C14H20O2/c15-11-13(12-7-3-1-4-8-12)14(16)9-5-2-6-10-14/h1,3-4,7-8,13,15-16H,2,5-6,9-11H2. The van der Waals surface area contributed by atoms with Gasteiger partial charge in [-0.1, -0.05) is 49.6 Å². The van der Waals surface area contributed by atoms with E-state index in [1.54, 1.807) is 0 Å². The molecular formula is C14H20O2. The monoisotopic (exact) mass is 220 g/mol. The zero-order chi connectivity index (χ0) is 11.4. The third-order valence-corrected chi connectivity index (χ3v) is 3.75.